The topological polar surface area (TPSA) is 37.4 Å². The zero-order chi connectivity index (χ0) is 14.3. The molecule has 1 aliphatic rings. The molecule has 6 heteroatoms. The van der Waals surface area contributed by atoms with Gasteiger partial charge < -0.3 is 0 Å². The lowest BCUT2D eigenvalue weighted by atomic mass is 9.99. The third-order valence-electron chi connectivity index (χ3n) is 3.52. The Morgan fingerprint density at radius 2 is 2.00 bits per heavy atom. The number of fused-ring (bicyclic) bond motifs is 1. The number of aryl methyl sites for hydroxylation is 1. The van der Waals surface area contributed by atoms with Crippen LogP contribution in [0.2, 0.25) is 0 Å². The van der Waals surface area contributed by atoms with Gasteiger partial charge in [0.05, 0.1) is 9.47 Å². The van der Waals surface area contributed by atoms with E-state index in [1.54, 1.807) is 16.4 Å². The Bertz CT molecular complexity index is 739. The lowest BCUT2D eigenvalue weighted by Gasteiger charge is -2.35. The van der Waals surface area contributed by atoms with Crippen LogP contribution in [0.1, 0.15) is 18.9 Å². The van der Waals surface area contributed by atoms with E-state index < -0.39 is 10.0 Å². The molecule has 0 fully saturated rings. The summed E-state index contributed by atoms with van der Waals surface area (Å²) in [5.74, 6) is 0. The van der Waals surface area contributed by atoms with E-state index >= 15 is 0 Å². The number of nitrogens with zero attached hydrogens (tertiary/aromatic N) is 1. The van der Waals surface area contributed by atoms with Gasteiger partial charge in [0, 0.05) is 6.04 Å². The second kappa shape index (κ2) is 5.16. The van der Waals surface area contributed by atoms with Crippen LogP contribution in [-0.2, 0) is 16.4 Å². The molecule has 1 atom stereocenters. The number of halogens is 1. The molecule has 0 spiro atoms. The standard InChI is InChI=1S/C14H14BrNO2S2/c1-10-6-7-11-4-2-3-5-12(11)16(10)20(17,18)14-9-8-13(15)19-14/h2-5,8-10H,6-7H2,1H3. The molecule has 1 aromatic heterocycles. The molecular weight excluding hydrogens is 358 g/mol. The number of sulfonamides is 1. The van der Waals surface area contributed by atoms with E-state index in [2.05, 4.69) is 15.9 Å². The molecule has 3 rings (SSSR count). The summed E-state index contributed by atoms with van der Waals surface area (Å²) in [4.78, 5) is 0. The Labute approximate surface area is 131 Å². The van der Waals surface area contributed by atoms with E-state index in [4.69, 9.17) is 0 Å². The SMILES string of the molecule is CC1CCc2ccccc2N1S(=O)(=O)c1ccc(Br)s1. The second-order valence-electron chi connectivity index (χ2n) is 4.88. The highest BCUT2D eigenvalue weighted by atomic mass is 79.9. The molecule has 3 nitrogen and oxygen atoms in total. The van der Waals surface area contributed by atoms with Crippen LogP contribution in [0, 0.1) is 0 Å². The largest absolute Gasteiger partial charge is 0.274 e. The van der Waals surface area contributed by atoms with Gasteiger partial charge in [-0.05, 0) is 59.5 Å². The zero-order valence-electron chi connectivity index (χ0n) is 10.9. The number of para-hydroxylation sites is 1. The average Bonchev–Trinajstić information content (AvgIpc) is 2.85. The number of anilines is 1. The van der Waals surface area contributed by atoms with Crippen molar-refractivity contribution in [2.24, 2.45) is 0 Å². The van der Waals surface area contributed by atoms with Gasteiger partial charge in [0.15, 0.2) is 0 Å². The smallest absolute Gasteiger partial charge is 0.263 e. The van der Waals surface area contributed by atoms with Crippen LogP contribution >= 0.6 is 27.3 Å². The van der Waals surface area contributed by atoms with Crippen LogP contribution in [0.5, 0.6) is 0 Å². The molecule has 2 heterocycles. The molecule has 0 saturated heterocycles. The molecule has 1 aromatic carbocycles. The van der Waals surface area contributed by atoms with Gasteiger partial charge in [0.1, 0.15) is 4.21 Å². The van der Waals surface area contributed by atoms with E-state index in [0.29, 0.717) is 4.21 Å². The van der Waals surface area contributed by atoms with Crippen LogP contribution in [0.15, 0.2) is 44.4 Å². The summed E-state index contributed by atoms with van der Waals surface area (Å²) in [6.45, 7) is 1.97. The number of hydrogen-bond acceptors (Lipinski definition) is 3. The lowest BCUT2D eigenvalue weighted by Crippen LogP contribution is -2.41. The van der Waals surface area contributed by atoms with E-state index in [-0.39, 0.29) is 6.04 Å². The predicted molar refractivity (Wildman–Crippen MR) is 85.9 cm³/mol. The molecule has 0 bridgehead atoms. The second-order valence-corrected chi connectivity index (χ2v) is 9.38. The van der Waals surface area contributed by atoms with Crippen molar-refractivity contribution in [3.05, 3.63) is 45.7 Å². The molecular formula is C14H14BrNO2S2. The summed E-state index contributed by atoms with van der Waals surface area (Å²) in [5.41, 5.74) is 1.92. The van der Waals surface area contributed by atoms with Crippen LogP contribution in [0.4, 0.5) is 5.69 Å². The normalized spacial score (nSPS) is 18.9. The van der Waals surface area contributed by atoms with E-state index in [1.807, 2.05) is 31.2 Å². The van der Waals surface area contributed by atoms with E-state index in [9.17, 15) is 8.42 Å². The maximum Gasteiger partial charge on any atom is 0.274 e. The van der Waals surface area contributed by atoms with Gasteiger partial charge in [-0.25, -0.2) is 8.42 Å². The van der Waals surface area contributed by atoms with Crippen molar-refractivity contribution in [2.75, 3.05) is 4.31 Å². The minimum absolute atomic E-state index is 0.0178. The average molecular weight is 372 g/mol. The number of hydrogen-bond donors (Lipinski definition) is 0. The summed E-state index contributed by atoms with van der Waals surface area (Å²) in [6, 6.07) is 11.2. The van der Waals surface area contributed by atoms with Crippen LogP contribution < -0.4 is 4.31 Å². The van der Waals surface area contributed by atoms with Gasteiger partial charge >= 0.3 is 0 Å². The summed E-state index contributed by atoms with van der Waals surface area (Å²) in [6.07, 6.45) is 1.78. The Balaban J connectivity index is 2.13. The first kappa shape index (κ1) is 14.1. The highest BCUT2D eigenvalue weighted by Crippen LogP contribution is 2.37. The zero-order valence-corrected chi connectivity index (χ0v) is 14.1. The minimum atomic E-state index is -3.48. The number of thiophene rings is 1. The van der Waals surface area contributed by atoms with Gasteiger partial charge in [-0.2, -0.15) is 0 Å². The predicted octanol–water partition coefficient (Wildman–Crippen LogP) is 4.04. The van der Waals surface area contributed by atoms with Crippen LogP contribution in [-0.4, -0.2) is 14.5 Å². The summed E-state index contributed by atoms with van der Waals surface area (Å²) < 4.78 is 28.6. The molecule has 106 valence electrons. The summed E-state index contributed by atoms with van der Waals surface area (Å²) in [5, 5.41) is 0. The molecule has 2 aromatic rings. The van der Waals surface area contributed by atoms with Gasteiger partial charge in [0.25, 0.3) is 10.0 Å². The van der Waals surface area contributed by atoms with Gasteiger partial charge in [-0.15, -0.1) is 11.3 Å². The molecule has 1 unspecified atom stereocenters. The lowest BCUT2D eigenvalue weighted by molar-refractivity contribution is 0.565. The monoisotopic (exact) mass is 371 g/mol. The van der Waals surface area contributed by atoms with Gasteiger partial charge in [0.2, 0.25) is 0 Å². The van der Waals surface area contributed by atoms with E-state index in [0.717, 1.165) is 27.9 Å². The van der Waals surface area contributed by atoms with Crippen molar-refractivity contribution in [3.63, 3.8) is 0 Å². The fraction of sp³-hybridized carbons (Fsp3) is 0.286. The van der Waals surface area contributed by atoms with Gasteiger partial charge in [-0.3, -0.25) is 4.31 Å². The maximum atomic E-state index is 12.9. The first-order valence-electron chi connectivity index (χ1n) is 6.38. The molecule has 1 aliphatic heterocycles. The molecule has 0 N–H and O–H groups in total. The van der Waals surface area contributed by atoms with Crippen molar-refractivity contribution < 1.29 is 8.42 Å². The highest BCUT2D eigenvalue weighted by Gasteiger charge is 2.34. The molecule has 0 aliphatic carbocycles. The van der Waals surface area contributed by atoms with Crippen molar-refractivity contribution >= 4 is 43.0 Å². The van der Waals surface area contributed by atoms with Crippen molar-refractivity contribution in [3.8, 4) is 0 Å². The van der Waals surface area contributed by atoms with Crippen molar-refractivity contribution in [1.82, 2.24) is 0 Å². The van der Waals surface area contributed by atoms with Crippen LogP contribution in [0.3, 0.4) is 0 Å². The Morgan fingerprint density at radius 1 is 1.25 bits per heavy atom. The highest BCUT2D eigenvalue weighted by molar-refractivity contribution is 9.11. The quantitative estimate of drug-likeness (QED) is 0.798. The molecule has 0 radical (unpaired) electrons. The first-order valence-corrected chi connectivity index (χ1v) is 9.43. The fourth-order valence-electron chi connectivity index (χ4n) is 2.56. The first-order chi connectivity index (χ1) is 9.50. The van der Waals surface area contributed by atoms with Crippen molar-refractivity contribution in [1.29, 1.82) is 0 Å². The minimum Gasteiger partial charge on any atom is -0.263 e. The molecule has 20 heavy (non-hydrogen) atoms. The van der Waals surface area contributed by atoms with E-state index in [1.165, 1.54) is 11.3 Å². The maximum absolute atomic E-state index is 12.9. The number of rotatable bonds is 2. The summed E-state index contributed by atoms with van der Waals surface area (Å²) in [7, 11) is -3.48. The van der Waals surface area contributed by atoms with Gasteiger partial charge in [-0.1, -0.05) is 18.2 Å². The Kier molecular flexibility index (Phi) is 3.64. The molecule has 0 saturated carbocycles. The summed E-state index contributed by atoms with van der Waals surface area (Å²) >= 11 is 4.58. The Hall–Kier alpha value is -0.850. The third kappa shape index (κ3) is 2.29. The van der Waals surface area contributed by atoms with Crippen molar-refractivity contribution in [2.45, 2.75) is 30.0 Å². The third-order valence-corrected chi connectivity index (χ3v) is 7.54. The fourth-order valence-corrected chi connectivity index (χ4v) is 6.38. The van der Waals surface area contributed by atoms with Crippen LogP contribution in [0.25, 0.3) is 0 Å². The number of benzene rings is 1. The Morgan fingerprint density at radius 3 is 2.70 bits per heavy atom. The molecule has 0 amide bonds.